The Hall–Kier alpha value is -2.35. The maximum absolute atomic E-state index is 12.4. The molecular formula is C19H19NO. The van der Waals surface area contributed by atoms with Gasteiger partial charge in [-0.2, -0.15) is 0 Å². The van der Waals surface area contributed by atoms with Crippen LogP contribution < -0.4 is 0 Å². The third-order valence-electron chi connectivity index (χ3n) is 4.18. The largest absolute Gasteiger partial charge is 0.321 e. The van der Waals surface area contributed by atoms with Gasteiger partial charge in [-0.15, -0.1) is 0 Å². The first-order valence-corrected chi connectivity index (χ1v) is 7.32. The number of hydrogen-bond donors (Lipinski definition) is 0. The van der Waals surface area contributed by atoms with Crippen LogP contribution in [0.3, 0.4) is 0 Å². The first-order valence-electron chi connectivity index (χ1n) is 7.32. The lowest BCUT2D eigenvalue weighted by atomic mass is 9.85. The molecule has 1 heterocycles. The van der Waals surface area contributed by atoms with Gasteiger partial charge in [0.1, 0.15) is 0 Å². The van der Waals surface area contributed by atoms with Crippen molar-refractivity contribution >= 4 is 5.91 Å². The Morgan fingerprint density at radius 3 is 2.14 bits per heavy atom. The number of rotatable bonds is 3. The summed E-state index contributed by atoms with van der Waals surface area (Å²) >= 11 is 0. The van der Waals surface area contributed by atoms with E-state index < -0.39 is 0 Å². The smallest absolute Gasteiger partial charge is 0.253 e. The Morgan fingerprint density at radius 1 is 1.00 bits per heavy atom. The van der Waals surface area contributed by atoms with Crippen molar-refractivity contribution in [2.45, 2.75) is 25.9 Å². The molecule has 1 fully saturated rings. The Kier molecular flexibility index (Phi) is 3.61. The highest BCUT2D eigenvalue weighted by Crippen LogP contribution is 2.44. The Bertz CT molecular complexity index is 660. The number of likely N-dealkylation sites (tertiary alicyclic amines) is 1. The molecule has 2 aromatic rings. The van der Waals surface area contributed by atoms with E-state index in [2.05, 4.69) is 31.2 Å². The van der Waals surface area contributed by atoms with Crippen molar-refractivity contribution in [3.05, 3.63) is 83.4 Å². The van der Waals surface area contributed by atoms with E-state index in [4.69, 9.17) is 0 Å². The highest BCUT2D eigenvalue weighted by Gasteiger charge is 2.44. The van der Waals surface area contributed by atoms with Gasteiger partial charge in [-0.25, -0.2) is 0 Å². The van der Waals surface area contributed by atoms with E-state index >= 15 is 0 Å². The molecule has 0 N–H and O–H groups in total. The van der Waals surface area contributed by atoms with Gasteiger partial charge < -0.3 is 4.90 Å². The van der Waals surface area contributed by atoms with Crippen molar-refractivity contribution < 1.29 is 4.79 Å². The molecule has 1 aliphatic rings. The van der Waals surface area contributed by atoms with Gasteiger partial charge in [0.2, 0.25) is 0 Å². The van der Waals surface area contributed by atoms with Crippen LogP contribution in [0.15, 0.2) is 72.3 Å². The lowest BCUT2D eigenvalue weighted by Gasteiger charge is -2.47. The van der Waals surface area contributed by atoms with Gasteiger partial charge in [0, 0.05) is 5.57 Å². The molecule has 2 nitrogen and oxygen atoms in total. The molecule has 2 aromatic carbocycles. The SMILES string of the molecule is C/C=C1\C(=O)N([C@H](C)c2ccccc2)[C@H]1c1ccccc1. The number of amides is 1. The Balaban J connectivity index is 1.96. The Morgan fingerprint density at radius 2 is 1.57 bits per heavy atom. The molecule has 1 aliphatic heterocycles. The predicted molar refractivity (Wildman–Crippen MR) is 84.6 cm³/mol. The number of benzene rings is 2. The van der Waals surface area contributed by atoms with Crippen LogP contribution >= 0.6 is 0 Å². The lowest BCUT2D eigenvalue weighted by molar-refractivity contribution is -0.140. The van der Waals surface area contributed by atoms with Crippen molar-refractivity contribution in [1.29, 1.82) is 0 Å². The van der Waals surface area contributed by atoms with Crippen LogP contribution in [-0.4, -0.2) is 10.8 Å². The number of carbonyl (C=O) groups is 1. The summed E-state index contributed by atoms with van der Waals surface area (Å²) in [6, 6.07) is 20.6. The summed E-state index contributed by atoms with van der Waals surface area (Å²) in [4.78, 5) is 14.4. The second-order valence-electron chi connectivity index (χ2n) is 5.36. The van der Waals surface area contributed by atoms with Gasteiger partial charge in [-0.05, 0) is 25.0 Å². The van der Waals surface area contributed by atoms with Crippen molar-refractivity contribution in [2.24, 2.45) is 0 Å². The maximum Gasteiger partial charge on any atom is 0.253 e. The van der Waals surface area contributed by atoms with E-state index in [0.717, 1.165) is 5.57 Å². The fourth-order valence-corrected chi connectivity index (χ4v) is 3.02. The van der Waals surface area contributed by atoms with Gasteiger partial charge in [0.15, 0.2) is 0 Å². The van der Waals surface area contributed by atoms with Crippen LogP contribution in [0, 0.1) is 0 Å². The minimum atomic E-state index is 0.0684. The minimum absolute atomic E-state index is 0.0684. The summed E-state index contributed by atoms with van der Waals surface area (Å²) in [7, 11) is 0. The highest BCUT2D eigenvalue weighted by atomic mass is 16.2. The zero-order valence-corrected chi connectivity index (χ0v) is 12.4. The van der Waals surface area contributed by atoms with Crippen molar-refractivity contribution in [3.8, 4) is 0 Å². The lowest BCUT2D eigenvalue weighted by Crippen LogP contribution is -2.50. The van der Waals surface area contributed by atoms with E-state index in [0.29, 0.717) is 0 Å². The predicted octanol–water partition coefficient (Wildman–Crippen LogP) is 4.28. The zero-order valence-electron chi connectivity index (χ0n) is 12.4. The van der Waals surface area contributed by atoms with E-state index in [1.165, 1.54) is 11.1 Å². The highest BCUT2D eigenvalue weighted by molar-refractivity contribution is 6.02. The summed E-state index contributed by atoms with van der Waals surface area (Å²) in [5.74, 6) is 0.141. The number of carbonyl (C=O) groups excluding carboxylic acids is 1. The van der Waals surface area contributed by atoms with E-state index in [1.807, 2.05) is 54.3 Å². The van der Waals surface area contributed by atoms with Gasteiger partial charge in [-0.1, -0.05) is 66.7 Å². The van der Waals surface area contributed by atoms with Gasteiger partial charge in [-0.3, -0.25) is 4.79 Å². The normalized spacial score (nSPS) is 21.2. The van der Waals surface area contributed by atoms with Gasteiger partial charge >= 0.3 is 0 Å². The molecule has 21 heavy (non-hydrogen) atoms. The molecule has 1 saturated heterocycles. The molecule has 2 atom stereocenters. The molecule has 0 aromatic heterocycles. The van der Waals surface area contributed by atoms with E-state index in [1.54, 1.807) is 0 Å². The molecule has 2 heteroatoms. The van der Waals surface area contributed by atoms with Crippen LogP contribution in [0.5, 0.6) is 0 Å². The van der Waals surface area contributed by atoms with Crippen molar-refractivity contribution in [2.75, 3.05) is 0 Å². The first kappa shape index (κ1) is 13.6. The molecule has 0 bridgehead atoms. The quantitative estimate of drug-likeness (QED) is 0.606. The third kappa shape index (κ3) is 2.27. The molecule has 0 spiro atoms. The fourth-order valence-electron chi connectivity index (χ4n) is 3.02. The molecule has 0 aliphatic carbocycles. The fraction of sp³-hybridized carbons (Fsp3) is 0.211. The van der Waals surface area contributed by atoms with Gasteiger partial charge in [0.05, 0.1) is 12.1 Å². The molecule has 0 unspecified atom stereocenters. The van der Waals surface area contributed by atoms with E-state index in [9.17, 15) is 4.79 Å². The number of nitrogens with zero attached hydrogens (tertiary/aromatic N) is 1. The molecular weight excluding hydrogens is 258 g/mol. The first-order chi connectivity index (χ1) is 10.2. The van der Waals surface area contributed by atoms with Crippen molar-refractivity contribution in [3.63, 3.8) is 0 Å². The summed E-state index contributed by atoms with van der Waals surface area (Å²) in [5.41, 5.74) is 3.24. The topological polar surface area (TPSA) is 20.3 Å². The van der Waals surface area contributed by atoms with Gasteiger partial charge in [0.25, 0.3) is 5.91 Å². The summed E-state index contributed by atoms with van der Waals surface area (Å²) < 4.78 is 0. The molecule has 0 saturated carbocycles. The molecule has 3 rings (SSSR count). The van der Waals surface area contributed by atoms with Crippen LogP contribution in [-0.2, 0) is 4.79 Å². The average molecular weight is 277 g/mol. The molecule has 0 radical (unpaired) electrons. The summed E-state index contributed by atoms with van der Waals surface area (Å²) in [6.45, 7) is 4.03. The van der Waals surface area contributed by atoms with Crippen LogP contribution in [0.25, 0.3) is 0 Å². The summed E-state index contributed by atoms with van der Waals surface area (Å²) in [6.07, 6.45) is 1.94. The van der Waals surface area contributed by atoms with Crippen LogP contribution in [0.2, 0.25) is 0 Å². The third-order valence-corrected chi connectivity index (χ3v) is 4.18. The zero-order chi connectivity index (χ0) is 14.8. The molecule has 1 amide bonds. The van der Waals surface area contributed by atoms with Crippen LogP contribution in [0.4, 0.5) is 0 Å². The monoisotopic (exact) mass is 277 g/mol. The second-order valence-corrected chi connectivity index (χ2v) is 5.36. The average Bonchev–Trinajstić information content (AvgIpc) is 2.54. The second kappa shape index (κ2) is 5.57. The standard InChI is InChI=1S/C19H19NO/c1-3-17-18(16-12-8-5-9-13-16)20(19(17)21)14(2)15-10-6-4-7-11-15/h3-14,18H,1-2H3/b17-3-/t14-,18+/m1/s1. The molecule has 106 valence electrons. The minimum Gasteiger partial charge on any atom is -0.321 e. The number of hydrogen-bond acceptors (Lipinski definition) is 1. The maximum atomic E-state index is 12.4. The van der Waals surface area contributed by atoms with E-state index in [-0.39, 0.29) is 18.0 Å². The summed E-state index contributed by atoms with van der Waals surface area (Å²) in [5, 5.41) is 0. The van der Waals surface area contributed by atoms with Crippen molar-refractivity contribution in [1.82, 2.24) is 4.90 Å². The Labute approximate surface area is 125 Å². The number of β-lactam (4-membered cyclic amide) rings is 1. The van der Waals surface area contributed by atoms with Crippen LogP contribution in [0.1, 0.15) is 37.1 Å². The number of allylic oxidation sites excluding steroid dienone is 1.